The lowest BCUT2D eigenvalue weighted by atomic mass is 9.88. The summed E-state index contributed by atoms with van der Waals surface area (Å²) in [4.78, 5) is 54.7. The van der Waals surface area contributed by atoms with Crippen molar-refractivity contribution in [2.45, 2.75) is 98.8 Å². The molecule has 1 aliphatic heterocycles. The van der Waals surface area contributed by atoms with Gasteiger partial charge in [-0.15, -0.1) is 0 Å². The first-order valence-corrected chi connectivity index (χ1v) is 20.4. The summed E-state index contributed by atoms with van der Waals surface area (Å²) >= 11 is 4.55. The first kappa shape index (κ1) is 50.7. The number of morpholine rings is 1. The van der Waals surface area contributed by atoms with Crippen LogP contribution in [0.5, 0.6) is 0 Å². The fourth-order valence-corrected chi connectivity index (χ4v) is 5.78. The van der Waals surface area contributed by atoms with E-state index in [1.54, 1.807) is 0 Å². The SMILES string of the molecule is C=CC(=O)CCC.C=CC(=O)OCC(CC)(COC(=O)CCN(S)CCCN(CCC)CCCC)COC(=O)CCN(CC)CCCN1CCOCC1. The first-order chi connectivity index (χ1) is 25.5. The number of hydrogen-bond donors (Lipinski definition) is 1. The molecule has 0 aliphatic carbocycles. The van der Waals surface area contributed by atoms with E-state index in [0.29, 0.717) is 25.9 Å². The molecule has 1 atom stereocenters. The topological polar surface area (TPSA) is 118 Å². The molecule has 0 bridgehead atoms. The second-order valence-electron chi connectivity index (χ2n) is 13.7. The summed E-state index contributed by atoms with van der Waals surface area (Å²) in [6, 6.07) is 0. The molecule has 1 rings (SSSR count). The van der Waals surface area contributed by atoms with E-state index in [0.717, 1.165) is 104 Å². The Kier molecular flexibility index (Phi) is 31.7. The van der Waals surface area contributed by atoms with Crippen molar-refractivity contribution < 1.29 is 38.1 Å². The summed E-state index contributed by atoms with van der Waals surface area (Å²) in [6.07, 6.45) is 10.5. The number of ether oxygens (including phenoxy) is 4. The first-order valence-electron chi connectivity index (χ1n) is 20.0. The molecule has 0 saturated carbocycles. The molecule has 1 unspecified atom stereocenters. The van der Waals surface area contributed by atoms with Gasteiger partial charge in [0.05, 0.1) is 31.5 Å². The Morgan fingerprint density at radius 1 is 0.698 bits per heavy atom. The molecule has 1 fully saturated rings. The van der Waals surface area contributed by atoms with E-state index < -0.39 is 11.4 Å². The van der Waals surface area contributed by atoms with Gasteiger partial charge in [0.25, 0.3) is 0 Å². The molecule has 0 amide bonds. The van der Waals surface area contributed by atoms with Gasteiger partial charge >= 0.3 is 17.9 Å². The van der Waals surface area contributed by atoms with E-state index in [2.05, 4.69) is 61.4 Å². The lowest BCUT2D eigenvalue weighted by Crippen LogP contribution is -2.39. The highest BCUT2D eigenvalue weighted by atomic mass is 32.1. The minimum absolute atomic E-state index is 0.0197. The summed E-state index contributed by atoms with van der Waals surface area (Å²) in [5.41, 5.74) is -0.853. The van der Waals surface area contributed by atoms with Crippen LogP contribution in [0.1, 0.15) is 98.8 Å². The van der Waals surface area contributed by atoms with Crippen LogP contribution in [-0.4, -0.2) is 148 Å². The van der Waals surface area contributed by atoms with E-state index in [1.807, 2.05) is 18.2 Å². The van der Waals surface area contributed by atoms with E-state index in [4.69, 9.17) is 18.9 Å². The van der Waals surface area contributed by atoms with E-state index in [1.165, 1.54) is 18.9 Å². The highest BCUT2D eigenvalue weighted by Gasteiger charge is 2.34. The molecule has 53 heavy (non-hydrogen) atoms. The van der Waals surface area contributed by atoms with Crippen molar-refractivity contribution in [2.75, 3.05) is 105 Å². The third-order valence-electron chi connectivity index (χ3n) is 9.20. The van der Waals surface area contributed by atoms with E-state index >= 15 is 0 Å². The fraction of sp³-hybridized carbons (Fsp3) is 0.800. The molecule has 308 valence electrons. The largest absolute Gasteiger partial charge is 0.465 e. The van der Waals surface area contributed by atoms with Crippen molar-refractivity contribution in [1.82, 2.24) is 19.0 Å². The Bertz CT molecular complexity index is 1010. The van der Waals surface area contributed by atoms with Gasteiger partial charge in [0.1, 0.15) is 19.8 Å². The highest BCUT2D eigenvalue weighted by molar-refractivity contribution is 7.77. The second kappa shape index (κ2) is 33.1. The van der Waals surface area contributed by atoms with Crippen LogP contribution in [0, 0.1) is 5.41 Å². The van der Waals surface area contributed by atoms with Crippen LogP contribution >= 0.6 is 12.8 Å². The average Bonchev–Trinajstić information content (AvgIpc) is 3.17. The molecule has 0 radical (unpaired) electrons. The molecule has 0 aromatic rings. The van der Waals surface area contributed by atoms with Gasteiger partial charge in [0.15, 0.2) is 5.78 Å². The predicted molar refractivity (Wildman–Crippen MR) is 216 cm³/mol. The molecule has 1 heterocycles. The molecular formula is C40H74N4O8S. The summed E-state index contributed by atoms with van der Waals surface area (Å²) in [6.45, 7) is 28.4. The number of allylic oxidation sites excluding steroid dienone is 1. The Balaban J connectivity index is 0.00000348. The number of esters is 3. The Morgan fingerprint density at radius 3 is 1.83 bits per heavy atom. The zero-order chi connectivity index (χ0) is 39.7. The highest BCUT2D eigenvalue weighted by Crippen LogP contribution is 2.25. The minimum atomic E-state index is -0.853. The van der Waals surface area contributed by atoms with Gasteiger partial charge in [0.2, 0.25) is 0 Å². The van der Waals surface area contributed by atoms with E-state index in [9.17, 15) is 19.2 Å². The Labute approximate surface area is 327 Å². The number of carbonyl (C=O) groups is 4. The van der Waals surface area contributed by atoms with Gasteiger partial charge in [-0.1, -0.05) is 67.0 Å². The third-order valence-corrected chi connectivity index (χ3v) is 9.60. The van der Waals surface area contributed by atoms with Gasteiger partial charge in [-0.2, -0.15) is 0 Å². The zero-order valence-electron chi connectivity index (χ0n) is 34.0. The molecule has 1 saturated heterocycles. The molecule has 0 aromatic carbocycles. The van der Waals surface area contributed by atoms with Crippen LogP contribution in [0.3, 0.4) is 0 Å². The van der Waals surface area contributed by atoms with Crippen LogP contribution in [0.25, 0.3) is 0 Å². The summed E-state index contributed by atoms with van der Waals surface area (Å²) in [7, 11) is 0. The number of ketones is 1. The van der Waals surface area contributed by atoms with E-state index in [-0.39, 0.29) is 50.4 Å². The van der Waals surface area contributed by atoms with Crippen LogP contribution < -0.4 is 0 Å². The van der Waals surface area contributed by atoms with Crippen LogP contribution in [0.15, 0.2) is 25.3 Å². The maximum atomic E-state index is 12.8. The molecule has 0 spiro atoms. The average molecular weight is 771 g/mol. The molecular weight excluding hydrogens is 697 g/mol. The van der Waals surface area contributed by atoms with Crippen molar-refractivity contribution in [3.8, 4) is 0 Å². The number of hydrogen-bond acceptors (Lipinski definition) is 13. The van der Waals surface area contributed by atoms with Crippen molar-refractivity contribution in [3.63, 3.8) is 0 Å². The predicted octanol–water partition coefficient (Wildman–Crippen LogP) is 5.61. The molecule has 0 aromatic heterocycles. The quantitative estimate of drug-likeness (QED) is 0.0409. The number of nitrogens with zero attached hydrogens (tertiary/aromatic N) is 4. The van der Waals surface area contributed by atoms with Gasteiger partial charge in [-0.3, -0.25) is 23.6 Å². The maximum absolute atomic E-state index is 12.8. The van der Waals surface area contributed by atoms with Crippen molar-refractivity contribution >= 4 is 36.5 Å². The lowest BCUT2D eigenvalue weighted by Gasteiger charge is -2.31. The second-order valence-corrected chi connectivity index (χ2v) is 14.2. The lowest BCUT2D eigenvalue weighted by molar-refractivity contribution is -0.160. The summed E-state index contributed by atoms with van der Waals surface area (Å²) < 4.78 is 23.9. The molecule has 12 nitrogen and oxygen atoms in total. The number of thiol groups is 1. The van der Waals surface area contributed by atoms with Gasteiger partial charge in [-0.25, -0.2) is 4.79 Å². The third kappa shape index (κ3) is 27.0. The van der Waals surface area contributed by atoms with Crippen molar-refractivity contribution in [3.05, 3.63) is 25.3 Å². The Morgan fingerprint density at radius 2 is 1.30 bits per heavy atom. The minimum Gasteiger partial charge on any atom is -0.465 e. The summed E-state index contributed by atoms with van der Waals surface area (Å²) in [5.74, 6) is -1.14. The van der Waals surface area contributed by atoms with Crippen molar-refractivity contribution in [2.24, 2.45) is 5.41 Å². The zero-order valence-corrected chi connectivity index (χ0v) is 34.9. The Hall–Kier alpha value is -2.29. The maximum Gasteiger partial charge on any atom is 0.330 e. The molecule has 1 aliphatic rings. The summed E-state index contributed by atoms with van der Waals surface area (Å²) in [5, 5.41) is 0. The van der Waals surface area contributed by atoms with Crippen LogP contribution in [0.4, 0.5) is 0 Å². The number of rotatable bonds is 31. The molecule has 13 heteroatoms. The van der Waals surface area contributed by atoms with Crippen molar-refractivity contribution in [1.29, 1.82) is 0 Å². The smallest absolute Gasteiger partial charge is 0.330 e. The van der Waals surface area contributed by atoms with Gasteiger partial charge < -0.3 is 28.7 Å². The fourth-order valence-electron chi connectivity index (χ4n) is 5.54. The molecule has 0 N–H and O–H groups in total. The normalized spacial score (nSPS) is 14.3. The number of carbonyl (C=O) groups excluding carboxylic acids is 4. The van der Waals surface area contributed by atoms with Gasteiger partial charge in [0, 0.05) is 45.2 Å². The van der Waals surface area contributed by atoms with Gasteiger partial charge in [-0.05, 0) is 83.9 Å². The van der Waals surface area contributed by atoms with Crippen LogP contribution in [-0.2, 0) is 38.1 Å². The monoisotopic (exact) mass is 771 g/mol. The van der Waals surface area contributed by atoms with Crippen LogP contribution in [0.2, 0.25) is 0 Å². The number of unbranched alkanes of at least 4 members (excludes halogenated alkanes) is 1. The standard InChI is InChI=1S/C34H64N4O7S.C6H10O/c1-6-11-17-36(16-7-2)20-13-21-38(46)23-15-33(41)45-30-34(9-4,28-43-31(39)8-3)29-44-32(40)14-22-35(10-5)18-12-19-37-24-26-42-27-25-37;1-3-5-6(7)4-2/h8,46H,3,6-7,9-30H2,1-2,4-5H3;4H,2-3,5H2,1H3.